The number of likely N-dealkylation sites (tertiary alicyclic amines) is 1. The molecule has 8 nitrogen and oxygen atoms in total. The number of unbranched alkanes of at least 4 members (excludes halogenated alkanes) is 1. The van der Waals surface area contributed by atoms with Gasteiger partial charge in [-0.25, -0.2) is 0 Å². The summed E-state index contributed by atoms with van der Waals surface area (Å²) >= 11 is 0. The monoisotopic (exact) mass is 496 g/mol. The first kappa shape index (κ1) is 27.1. The maximum atomic E-state index is 13.3. The van der Waals surface area contributed by atoms with Crippen LogP contribution < -0.4 is 9.47 Å². The van der Waals surface area contributed by atoms with Gasteiger partial charge >= 0.3 is 0 Å². The Kier molecular flexibility index (Phi) is 8.98. The lowest BCUT2D eigenvalue weighted by Crippen LogP contribution is -2.32. The van der Waals surface area contributed by atoms with E-state index in [9.17, 15) is 19.8 Å². The van der Waals surface area contributed by atoms with Crippen molar-refractivity contribution in [2.24, 2.45) is 0 Å². The fraction of sp³-hybridized carbons (Fsp3) is 0.429. The highest BCUT2D eigenvalue weighted by atomic mass is 16.5. The summed E-state index contributed by atoms with van der Waals surface area (Å²) in [7, 11) is 5.31. The predicted octanol–water partition coefficient (Wildman–Crippen LogP) is 4.26. The molecule has 1 heterocycles. The number of carbonyl (C=O) groups is 2. The lowest BCUT2D eigenvalue weighted by Gasteiger charge is -2.26. The van der Waals surface area contributed by atoms with Crippen LogP contribution in [0.1, 0.15) is 48.9 Å². The maximum Gasteiger partial charge on any atom is 0.295 e. The van der Waals surface area contributed by atoms with Gasteiger partial charge in [-0.1, -0.05) is 19.4 Å². The number of hydrogen-bond donors (Lipinski definition) is 2. The van der Waals surface area contributed by atoms with Crippen LogP contribution in [-0.2, 0) is 9.59 Å². The average Bonchev–Trinajstić information content (AvgIpc) is 3.09. The Balaban J connectivity index is 2.08. The molecule has 1 amide bonds. The number of benzene rings is 2. The number of Topliss-reactive ketones (excluding diaryl/α,β-unsaturated/α-hetero) is 1. The summed E-state index contributed by atoms with van der Waals surface area (Å²) in [6, 6.07) is 9.15. The van der Waals surface area contributed by atoms with Crippen LogP contribution in [0.3, 0.4) is 0 Å². The molecule has 1 aliphatic heterocycles. The highest BCUT2D eigenvalue weighted by Crippen LogP contribution is 2.42. The van der Waals surface area contributed by atoms with E-state index in [1.165, 1.54) is 18.1 Å². The minimum atomic E-state index is -0.818. The molecule has 1 saturated heterocycles. The highest BCUT2D eigenvalue weighted by Gasteiger charge is 2.46. The summed E-state index contributed by atoms with van der Waals surface area (Å²) < 4.78 is 11.0. The van der Waals surface area contributed by atoms with Crippen LogP contribution in [0.25, 0.3) is 5.76 Å². The van der Waals surface area contributed by atoms with Crippen LogP contribution in [0.4, 0.5) is 0 Å². The number of phenolic OH excluding ortho intramolecular Hbond substituents is 1. The van der Waals surface area contributed by atoms with Gasteiger partial charge in [-0.2, -0.15) is 0 Å². The first-order chi connectivity index (χ1) is 17.2. The predicted molar refractivity (Wildman–Crippen MR) is 138 cm³/mol. The maximum absolute atomic E-state index is 13.3. The van der Waals surface area contributed by atoms with E-state index in [0.29, 0.717) is 36.4 Å². The molecule has 1 aliphatic rings. The molecule has 3 rings (SSSR count). The molecule has 0 aromatic heterocycles. The molecule has 2 N–H and O–H groups in total. The standard InChI is InChI=1S/C28H36N2O6/c1-6-7-15-36-20-10-11-21(18(2)16-20)26(32)24-25(19-9-12-22(31)23(17-19)35-5)30(28(34)27(24)33)14-8-13-29(3)4/h9-12,16-17,25,31-32H,6-8,13-15H2,1-5H3/b26-24+. The van der Waals surface area contributed by atoms with Crippen molar-refractivity contribution in [1.29, 1.82) is 0 Å². The Labute approximate surface area is 212 Å². The van der Waals surface area contributed by atoms with Crippen molar-refractivity contribution >= 4 is 17.4 Å². The summed E-state index contributed by atoms with van der Waals surface area (Å²) in [6.07, 6.45) is 2.61. The first-order valence-corrected chi connectivity index (χ1v) is 12.2. The van der Waals surface area contributed by atoms with Gasteiger partial charge in [0.1, 0.15) is 11.5 Å². The third kappa shape index (κ3) is 5.82. The number of amides is 1. The van der Waals surface area contributed by atoms with Crippen molar-refractivity contribution in [1.82, 2.24) is 9.80 Å². The fourth-order valence-electron chi connectivity index (χ4n) is 4.35. The number of phenols is 1. The van der Waals surface area contributed by atoms with E-state index in [4.69, 9.17) is 9.47 Å². The molecule has 0 spiro atoms. The summed E-state index contributed by atoms with van der Waals surface area (Å²) in [6.45, 7) is 5.57. The van der Waals surface area contributed by atoms with Gasteiger partial charge in [0, 0.05) is 12.1 Å². The largest absolute Gasteiger partial charge is 0.507 e. The Morgan fingerprint density at radius 2 is 1.86 bits per heavy atom. The second kappa shape index (κ2) is 11.9. The number of aromatic hydroxyl groups is 1. The van der Waals surface area contributed by atoms with E-state index < -0.39 is 17.7 Å². The number of carbonyl (C=O) groups excluding carboxylic acids is 2. The number of ketones is 1. The van der Waals surface area contributed by atoms with Crippen molar-refractivity contribution < 1.29 is 29.3 Å². The number of hydrogen-bond acceptors (Lipinski definition) is 7. The van der Waals surface area contributed by atoms with E-state index in [2.05, 4.69) is 6.92 Å². The molecule has 1 unspecified atom stereocenters. The molecule has 2 aromatic rings. The van der Waals surface area contributed by atoms with Crippen LogP contribution in [0.5, 0.6) is 17.2 Å². The van der Waals surface area contributed by atoms with Crippen LogP contribution in [0.2, 0.25) is 0 Å². The number of aryl methyl sites for hydroxylation is 1. The zero-order valence-corrected chi connectivity index (χ0v) is 21.7. The van der Waals surface area contributed by atoms with E-state index in [0.717, 1.165) is 24.9 Å². The van der Waals surface area contributed by atoms with E-state index in [-0.39, 0.29) is 22.8 Å². The van der Waals surface area contributed by atoms with Gasteiger partial charge in [0.15, 0.2) is 11.5 Å². The number of methoxy groups -OCH3 is 1. The zero-order chi connectivity index (χ0) is 26.4. The first-order valence-electron chi connectivity index (χ1n) is 12.2. The number of ether oxygens (including phenoxy) is 2. The number of rotatable bonds is 11. The van der Waals surface area contributed by atoms with Gasteiger partial charge in [0.25, 0.3) is 11.7 Å². The van der Waals surface area contributed by atoms with Crippen LogP contribution >= 0.6 is 0 Å². The lowest BCUT2D eigenvalue weighted by atomic mass is 9.93. The molecule has 1 atom stereocenters. The molecule has 0 bridgehead atoms. The van der Waals surface area contributed by atoms with Gasteiger partial charge in [-0.05, 0) is 81.9 Å². The lowest BCUT2D eigenvalue weighted by molar-refractivity contribution is -0.139. The van der Waals surface area contributed by atoms with Gasteiger partial charge < -0.3 is 29.5 Å². The molecule has 8 heteroatoms. The molecular formula is C28H36N2O6. The normalized spacial score (nSPS) is 17.2. The molecule has 36 heavy (non-hydrogen) atoms. The number of aliphatic hydroxyl groups excluding tert-OH is 1. The van der Waals surface area contributed by atoms with Crippen LogP contribution in [0, 0.1) is 6.92 Å². The van der Waals surface area contributed by atoms with E-state index in [1.807, 2.05) is 32.0 Å². The summed E-state index contributed by atoms with van der Waals surface area (Å²) in [5.41, 5.74) is 1.76. The van der Waals surface area contributed by atoms with Crippen molar-refractivity contribution in [3.05, 3.63) is 58.7 Å². The fourth-order valence-corrected chi connectivity index (χ4v) is 4.35. The van der Waals surface area contributed by atoms with Gasteiger partial charge in [-0.15, -0.1) is 0 Å². The van der Waals surface area contributed by atoms with Crippen LogP contribution in [0.15, 0.2) is 42.0 Å². The second-order valence-electron chi connectivity index (χ2n) is 9.26. The Bertz CT molecular complexity index is 1140. The quantitative estimate of drug-likeness (QED) is 0.208. The van der Waals surface area contributed by atoms with E-state index in [1.54, 1.807) is 24.3 Å². The topological polar surface area (TPSA) is 99.5 Å². The molecular weight excluding hydrogens is 460 g/mol. The zero-order valence-electron chi connectivity index (χ0n) is 21.7. The molecule has 2 aromatic carbocycles. The smallest absolute Gasteiger partial charge is 0.295 e. The van der Waals surface area contributed by atoms with Crippen molar-refractivity contribution in [2.45, 2.75) is 39.2 Å². The second-order valence-corrected chi connectivity index (χ2v) is 9.26. The summed E-state index contributed by atoms with van der Waals surface area (Å²) in [5, 5.41) is 21.5. The number of nitrogens with zero attached hydrogens (tertiary/aromatic N) is 2. The highest BCUT2D eigenvalue weighted by molar-refractivity contribution is 6.46. The third-order valence-electron chi connectivity index (χ3n) is 6.28. The number of aliphatic hydroxyl groups is 1. The molecule has 0 aliphatic carbocycles. The Hall–Kier alpha value is -3.52. The Morgan fingerprint density at radius 3 is 2.50 bits per heavy atom. The Morgan fingerprint density at radius 1 is 1.11 bits per heavy atom. The van der Waals surface area contributed by atoms with Gasteiger partial charge in [0.05, 0.1) is 25.3 Å². The van der Waals surface area contributed by atoms with Crippen molar-refractivity contribution in [3.8, 4) is 17.2 Å². The van der Waals surface area contributed by atoms with Crippen molar-refractivity contribution in [2.75, 3.05) is 40.9 Å². The molecule has 1 fully saturated rings. The van der Waals surface area contributed by atoms with Crippen molar-refractivity contribution in [3.63, 3.8) is 0 Å². The average molecular weight is 497 g/mol. The van der Waals surface area contributed by atoms with Gasteiger partial charge in [-0.3, -0.25) is 9.59 Å². The SMILES string of the molecule is CCCCOc1ccc(/C(O)=C2\C(=O)C(=O)N(CCCN(C)C)C2c2ccc(O)c(OC)c2)c(C)c1. The minimum absolute atomic E-state index is 0.0142. The molecule has 194 valence electrons. The minimum Gasteiger partial charge on any atom is -0.507 e. The third-order valence-corrected chi connectivity index (χ3v) is 6.28. The summed E-state index contributed by atoms with van der Waals surface area (Å²) in [5.74, 6) is -0.794. The van der Waals surface area contributed by atoms with E-state index >= 15 is 0 Å². The summed E-state index contributed by atoms with van der Waals surface area (Å²) in [4.78, 5) is 29.9. The molecule has 0 radical (unpaired) electrons. The van der Waals surface area contributed by atoms with Gasteiger partial charge in [0.2, 0.25) is 0 Å². The van der Waals surface area contributed by atoms with Crippen LogP contribution in [-0.4, -0.2) is 72.6 Å². The molecule has 0 saturated carbocycles.